The molecule has 2 aliphatic carbocycles. The van der Waals surface area contributed by atoms with E-state index < -0.39 is 5.54 Å². The minimum Gasteiger partial charge on any atom is -0.378 e. The van der Waals surface area contributed by atoms with Gasteiger partial charge in [-0.25, -0.2) is 0 Å². The highest BCUT2D eigenvalue weighted by molar-refractivity contribution is 9.10. The lowest BCUT2D eigenvalue weighted by atomic mass is 9.80. The highest BCUT2D eigenvalue weighted by Gasteiger charge is 2.48. The Morgan fingerprint density at radius 3 is 2.52 bits per heavy atom. The minimum absolute atomic E-state index is 0.0141. The highest BCUT2D eigenvalue weighted by Crippen LogP contribution is 2.36. The molecule has 136 valence electrons. The third kappa shape index (κ3) is 4.42. The van der Waals surface area contributed by atoms with Crippen LogP contribution in [0.3, 0.4) is 0 Å². The van der Waals surface area contributed by atoms with Crippen molar-refractivity contribution in [3.63, 3.8) is 0 Å². The Kier molecular flexibility index (Phi) is 5.79. The van der Waals surface area contributed by atoms with Crippen LogP contribution in [0.15, 0.2) is 28.7 Å². The van der Waals surface area contributed by atoms with Gasteiger partial charge in [0.25, 0.3) is 0 Å². The predicted octanol–water partition coefficient (Wildman–Crippen LogP) is 3.63. The van der Waals surface area contributed by atoms with E-state index in [9.17, 15) is 9.59 Å². The number of halogens is 1. The average Bonchev–Trinajstić information content (AvgIpc) is 3.37. The Morgan fingerprint density at radius 2 is 1.88 bits per heavy atom. The van der Waals surface area contributed by atoms with Crippen LogP contribution in [-0.2, 0) is 14.3 Å². The summed E-state index contributed by atoms with van der Waals surface area (Å²) in [5, 5.41) is 6.05. The Labute approximate surface area is 157 Å². The first-order valence-electron chi connectivity index (χ1n) is 9.05. The first-order chi connectivity index (χ1) is 12.0. The monoisotopic (exact) mass is 408 g/mol. The molecule has 2 amide bonds. The molecule has 1 aromatic rings. The van der Waals surface area contributed by atoms with Crippen LogP contribution in [0.25, 0.3) is 0 Å². The first kappa shape index (κ1) is 18.4. The molecular formula is C19H25BrN2O3. The molecule has 0 aliphatic heterocycles. The molecular weight excluding hydrogens is 384 g/mol. The number of rotatable bonds is 6. The van der Waals surface area contributed by atoms with Gasteiger partial charge in [0.05, 0.1) is 12.0 Å². The third-order valence-corrected chi connectivity index (χ3v) is 5.58. The van der Waals surface area contributed by atoms with Gasteiger partial charge < -0.3 is 15.4 Å². The number of benzene rings is 1. The van der Waals surface area contributed by atoms with Crippen LogP contribution in [0.5, 0.6) is 0 Å². The molecule has 2 unspecified atom stereocenters. The van der Waals surface area contributed by atoms with Crippen molar-refractivity contribution >= 4 is 33.4 Å². The molecule has 5 nitrogen and oxygen atoms in total. The zero-order valence-electron chi connectivity index (χ0n) is 14.5. The lowest BCUT2D eigenvalue weighted by Crippen LogP contribution is -2.58. The predicted molar refractivity (Wildman–Crippen MR) is 100 cm³/mol. The minimum atomic E-state index is -0.804. The molecule has 1 aromatic carbocycles. The molecule has 2 saturated carbocycles. The van der Waals surface area contributed by atoms with Crippen molar-refractivity contribution in [2.45, 2.75) is 57.1 Å². The first-order valence-corrected chi connectivity index (χ1v) is 9.84. The number of ether oxygens (including phenoxy) is 1. The van der Waals surface area contributed by atoms with Crippen molar-refractivity contribution in [3.05, 3.63) is 28.7 Å². The van der Waals surface area contributed by atoms with Gasteiger partial charge in [-0.2, -0.15) is 0 Å². The van der Waals surface area contributed by atoms with Crippen molar-refractivity contribution in [1.82, 2.24) is 5.32 Å². The van der Waals surface area contributed by atoms with Gasteiger partial charge in [-0.05, 0) is 50.5 Å². The van der Waals surface area contributed by atoms with E-state index in [1.165, 1.54) is 0 Å². The van der Waals surface area contributed by atoms with Crippen LogP contribution < -0.4 is 10.6 Å². The average molecular weight is 409 g/mol. The van der Waals surface area contributed by atoms with E-state index in [2.05, 4.69) is 26.6 Å². The summed E-state index contributed by atoms with van der Waals surface area (Å²) in [5.41, 5.74) is -0.0621. The number of nitrogens with one attached hydrogen (secondary N) is 2. The van der Waals surface area contributed by atoms with Gasteiger partial charge in [-0.15, -0.1) is 0 Å². The fraction of sp³-hybridized carbons (Fsp3) is 0.579. The van der Waals surface area contributed by atoms with Gasteiger partial charge in [0.1, 0.15) is 5.54 Å². The second-order valence-electron chi connectivity index (χ2n) is 6.93. The van der Waals surface area contributed by atoms with E-state index in [0.717, 1.165) is 35.8 Å². The maximum Gasteiger partial charge on any atom is 0.250 e. The number of hydrogen-bond acceptors (Lipinski definition) is 3. The molecule has 0 spiro atoms. The smallest absolute Gasteiger partial charge is 0.250 e. The summed E-state index contributed by atoms with van der Waals surface area (Å²) in [6.07, 6.45) is 5.15. The molecule has 2 atom stereocenters. The lowest BCUT2D eigenvalue weighted by molar-refractivity contribution is -0.133. The van der Waals surface area contributed by atoms with Crippen molar-refractivity contribution in [1.29, 1.82) is 0 Å². The standard InChI is InChI=1S/C19H25BrN2O3/c1-2-25-16-12-15(16)17(23)22-19(10-4-3-5-11-19)18(24)21-14-8-6-13(20)7-9-14/h6-9,15-16H,2-5,10-12H2,1H3,(H,21,24)(H,22,23). The third-order valence-electron chi connectivity index (χ3n) is 5.06. The Hall–Kier alpha value is -1.40. The van der Waals surface area contributed by atoms with Gasteiger partial charge in [0.15, 0.2) is 0 Å². The number of carbonyl (C=O) groups excluding carboxylic acids is 2. The normalized spacial score (nSPS) is 24.4. The van der Waals surface area contributed by atoms with Gasteiger partial charge >= 0.3 is 0 Å². The summed E-state index contributed by atoms with van der Waals surface area (Å²) in [4.78, 5) is 25.6. The zero-order valence-corrected chi connectivity index (χ0v) is 16.1. The molecule has 6 heteroatoms. The van der Waals surface area contributed by atoms with Gasteiger partial charge in [-0.3, -0.25) is 9.59 Å². The van der Waals surface area contributed by atoms with Crippen molar-refractivity contribution < 1.29 is 14.3 Å². The number of hydrogen-bond donors (Lipinski definition) is 2. The summed E-state index contributed by atoms with van der Waals surface area (Å²) in [6, 6.07) is 7.48. The fourth-order valence-electron chi connectivity index (χ4n) is 3.52. The molecule has 0 radical (unpaired) electrons. The second kappa shape index (κ2) is 7.87. The maximum atomic E-state index is 13.0. The summed E-state index contributed by atoms with van der Waals surface area (Å²) < 4.78 is 6.47. The summed E-state index contributed by atoms with van der Waals surface area (Å²) in [7, 11) is 0. The number of anilines is 1. The van der Waals surface area contributed by atoms with Crippen LogP contribution in [0.1, 0.15) is 45.4 Å². The largest absolute Gasteiger partial charge is 0.378 e. The molecule has 0 aromatic heterocycles. The molecule has 2 fully saturated rings. The van der Waals surface area contributed by atoms with Crippen molar-refractivity contribution in [3.8, 4) is 0 Å². The number of carbonyl (C=O) groups is 2. The molecule has 25 heavy (non-hydrogen) atoms. The van der Waals surface area contributed by atoms with Crippen LogP contribution in [0, 0.1) is 5.92 Å². The Balaban J connectivity index is 1.68. The zero-order chi connectivity index (χ0) is 17.9. The molecule has 3 rings (SSSR count). The Bertz CT molecular complexity index is 626. The number of amides is 2. The van der Waals surface area contributed by atoms with E-state index in [1.54, 1.807) is 0 Å². The fourth-order valence-corrected chi connectivity index (χ4v) is 3.79. The molecule has 2 aliphatic rings. The van der Waals surface area contributed by atoms with E-state index in [1.807, 2.05) is 31.2 Å². The molecule has 0 bridgehead atoms. The van der Waals surface area contributed by atoms with Crippen LogP contribution in [-0.4, -0.2) is 30.1 Å². The molecule has 0 saturated heterocycles. The second-order valence-corrected chi connectivity index (χ2v) is 7.84. The maximum absolute atomic E-state index is 13.0. The van der Waals surface area contributed by atoms with Crippen LogP contribution in [0.2, 0.25) is 0 Å². The SMILES string of the molecule is CCOC1CC1C(=O)NC1(C(=O)Nc2ccc(Br)cc2)CCCCC1. The molecule has 0 heterocycles. The van der Waals surface area contributed by atoms with E-state index >= 15 is 0 Å². The lowest BCUT2D eigenvalue weighted by Gasteiger charge is -2.36. The van der Waals surface area contributed by atoms with Gasteiger partial charge in [0.2, 0.25) is 11.8 Å². The van der Waals surface area contributed by atoms with E-state index in [0.29, 0.717) is 19.4 Å². The highest BCUT2D eigenvalue weighted by atomic mass is 79.9. The quantitative estimate of drug-likeness (QED) is 0.754. The summed E-state index contributed by atoms with van der Waals surface area (Å²) in [5.74, 6) is -0.276. The van der Waals surface area contributed by atoms with Gasteiger partial charge in [0, 0.05) is 16.8 Å². The van der Waals surface area contributed by atoms with E-state index in [-0.39, 0.29) is 23.8 Å². The summed E-state index contributed by atoms with van der Waals surface area (Å²) >= 11 is 3.39. The summed E-state index contributed by atoms with van der Waals surface area (Å²) in [6.45, 7) is 2.55. The van der Waals surface area contributed by atoms with Gasteiger partial charge in [-0.1, -0.05) is 35.2 Å². The van der Waals surface area contributed by atoms with Crippen molar-refractivity contribution in [2.75, 3.05) is 11.9 Å². The van der Waals surface area contributed by atoms with Crippen LogP contribution >= 0.6 is 15.9 Å². The Morgan fingerprint density at radius 1 is 1.20 bits per heavy atom. The van der Waals surface area contributed by atoms with Crippen LogP contribution in [0.4, 0.5) is 5.69 Å². The van der Waals surface area contributed by atoms with E-state index in [4.69, 9.17) is 4.74 Å². The van der Waals surface area contributed by atoms with Crippen molar-refractivity contribution in [2.24, 2.45) is 5.92 Å². The molecule has 2 N–H and O–H groups in total. The topological polar surface area (TPSA) is 67.4 Å².